The summed E-state index contributed by atoms with van der Waals surface area (Å²) in [5, 5.41) is 9.13. The molecular formula is C18H16F3N3O4S2. The normalized spacial score (nSPS) is 16.9. The third kappa shape index (κ3) is 4.20. The minimum Gasteiger partial charge on any atom is -0.207 e. The van der Waals surface area contributed by atoms with Crippen molar-refractivity contribution in [1.82, 2.24) is 8.61 Å². The molecule has 7 nitrogen and oxygen atoms in total. The Morgan fingerprint density at radius 2 is 1.30 bits per heavy atom. The van der Waals surface area contributed by atoms with Crippen molar-refractivity contribution in [1.29, 1.82) is 5.26 Å². The largest absolute Gasteiger partial charge is 0.416 e. The molecule has 0 atom stereocenters. The van der Waals surface area contributed by atoms with E-state index < -0.39 is 31.8 Å². The zero-order valence-corrected chi connectivity index (χ0v) is 17.0. The molecule has 2 aromatic carbocycles. The first kappa shape index (κ1) is 22.2. The van der Waals surface area contributed by atoms with Crippen LogP contribution in [0.25, 0.3) is 0 Å². The molecule has 0 saturated carbocycles. The van der Waals surface area contributed by atoms with Crippen molar-refractivity contribution in [3.63, 3.8) is 0 Å². The first-order valence-corrected chi connectivity index (χ1v) is 11.5. The lowest BCUT2D eigenvalue weighted by molar-refractivity contribution is -0.137. The van der Waals surface area contributed by atoms with Gasteiger partial charge >= 0.3 is 6.18 Å². The molecule has 1 aliphatic heterocycles. The topological polar surface area (TPSA) is 98.5 Å². The Morgan fingerprint density at radius 1 is 0.800 bits per heavy atom. The Bertz CT molecular complexity index is 1180. The van der Waals surface area contributed by atoms with E-state index in [9.17, 15) is 30.0 Å². The van der Waals surface area contributed by atoms with E-state index in [4.69, 9.17) is 5.26 Å². The second-order valence-electron chi connectivity index (χ2n) is 6.44. The third-order valence-electron chi connectivity index (χ3n) is 4.64. The van der Waals surface area contributed by atoms with Crippen LogP contribution >= 0.6 is 0 Å². The number of halogens is 3. The van der Waals surface area contributed by atoms with Crippen LogP contribution in [0.5, 0.6) is 0 Å². The summed E-state index contributed by atoms with van der Waals surface area (Å²) in [4.78, 5) is -0.465. The molecule has 0 amide bonds. The zero-order chi connectivity index (χ0) is 22.2. The van der Waals surface area contributed by atoms with Crippen molar-refractivity contribution in [3.05, 3.63) is 59.7 Å². The molecule has 1 heterocycles. The van der Waals surface area contributed by atoms with Gasteiger partial charge in [-0.15, -0.1) is 0 Å². The SMILES string of the molecule is N#Cc1ccccc1S(=O)(=O)N1CCN(S(=O)(=O)c2ccc(C(F)(F)F)cc2)CC1. The van der Waals surface area contributed by atoms with Gasteiger partial charge in [0.1, 0.15) is 6.07 Å². The van der Waals surface area contributed by atoms with E-state index in [1.54, 1.807) is 0 Å². The molecule has 3 rings (SSSR count). The first-order valence-electron chi connectivity index (χ1n) is 8.64. The van der Waals surface area contributed by atoms with Gasteiger partial charge in [0.05, 0.1) is 20.9 Å². The van der Waals surface area contributed by atoms with Crippen LogP contribution in [-0.4, -0.2) is 51.6 Å². The van der Waals surface area contributed by atoms with Crippen molar-refractivity contribution in [2.45, 2.75) is 16.0 Å². The monoisotopic (exact) mass is 459 g/mol. The third-order valence-corrected chi connectivity index (χ3v) is 8.51. The average Bonchev–Trinajstić information content (AvgIpc) is 2.73. The van der Waals surface area contributed by atoms with Crippen LogP contribution in [-0.2, 0) is 26.2 Å². The quantitative estimate of drug-likeness (QED) is 0.699. The van der Waals surface area contributed by atoms with Gasteiger partial charge in [0.2, 0.25) is 20.0 Å². The van der Waals surface area contributed by atoms with Crippen LogP contribution in [0.15, 0.2) is 58.3 Å². The van der Waals surface area contributed by atoms with Gasteiger partial charge in [-0.1, -0.05) is 12.1 Å². The summed E-state index contributed by atoms with van der Waals surface area (Å²) in [6, 6.07) is 10.6. The van der Waals surface area contributed by atoms with Gasteiger partial charge in [0.15, 0.2) is 0 Å². The Labute approximate surface area is 172 Å². The highest BCUT2D eigenvalue weighted by molar-refractivity contribution is 7.89. The van der Waals surface area contributed by atoms with Gasteiger partial charge in [0, 0.05) is 26.2 Å². The second kappa shape index (κ2) is 7.99. The van der Waals surface area contributed by atoms with E-state index in [1.165, 1.54) is 24.3 Å². The zero-order valence-electron chi connectivity index (χ0n) is 15.4. The molecule has 160 valence electrons. The van der Waals surface area contributed by atoms with Crippen LogP contribution in [0, 0.1) is 11.3 Å². The lowest BCUT2D eigenvalue weighted by Crippen LogP contribution is -2.50. The Morgan fingerprint density at radius 3 is 1.80 bits per heavy atom. The van der Waals surface area contributed by atoms with Crippen molar-refractivity contribution < 1.29 is 30.0 Å². The van der Waals surface area contributed by atoms with Crippen LogP contribution in [0.1, 0.15) is 11.1 Å². The molecule has 1 fully saturated rings. The van der Waals surface area contributed by atoms with Crippen LogP contribution in [0.3, 0.4) is 0 Å². The maximum atomic E-state index is 12.8. The maximum absolute atomic E-state index is 12.8. The summed E-state index contributed by atoms with van der Waals surface area (Å²) in [6.45, 7) is -0.640. The number of piperazine rings is 1. The summed E-state index contributed by atoms with van der Waals surface area (Å²) in [6.07, 6.45) is -4.58. The van der Waals surface area contributed by atoms with E-state index >= 15 is 0 Å². The van der Waals surface area contributed by atoms with Gasteiger partial charge in [-0.3, -0.25) is 0 Å². The van der Waals surface area contributed by atoms with E-state index in [2.05, 4.69) is 0 Å². The van der Waals surface area contributed by atoms with Crippen molar-refractivity contribution in [3.8, 4) is 6.07 Å². The molecule has 0 spiro atoms. The predicted molar refractivity (Wildman–Crippen MR) is 100 cm³/mol. The minimum absolute atomic E-state index is 0.0164. The number of benzene rings is 2. The van der Waals surface area contributed by atoms with Crippen LogP contribution in [0.4, 0.5) is 13.2 Å². The Kier molecular flexibility index (Phi) is 5.92. The van der Waals surface area contributed by atoms with Crippen molar-refractivity contribution in [2.24, 2.45) is 0 Å². The number of nitriles is 1. The van der Waals surface area contributed by atoms with Crippen molar-refractivity contribution in [2.75, 3.05) is 26.2 Å². The molecule has 0 radical (unpaired) electrons. The summed E-state index contributed by atoms with van der Waals surface area (Å²) in [5.74, 6) is 0. The molecule has 0 aliphatic carbocycles. The fourth-order valence-corrected chi connectivity index (χ4v) is 6.02. The molecule has 30 heavy (non-hydrogen) atoms. The highest BCUT2D eigenvalue weighted by atomic mass is 32.2. The lowest BCUT2D eigenvalue weighted by atomic mass is 10.2. The predicted octanol–water partition coefficient (Wildman–Crippen LogP) is 2.27. The number of rotatable bonds is 4. The molecule has 1 aliphatic rings. The number of hydrogen-bond acceptors (Lipinski definition) is 5. The van der Waals surface area contributed by atoms with Gasteiger partial charge in [-0.25, -0.2) is 16.8 Å². The molecule has 2 aromatic rings. The molecule has 0 bridgehead atoms. The van der Waals surface area contributed by atoms with E-state index in [0.717, 1.165) is 20.7 Å². The highest BCUT2D eigenvalue weighted by Crippen LogP contribution is 2.30. The standard InChI is InChI=1S/C18H16F3N3O4S2/c19-18(20,21)15-5-7-16(8-6-15)29(25,26)23-9-11-24(12-10-23)30(27,28)17-4-2-1-3-14(17)13-22/h1-8H,9-12H2. The summed E-state index contributed by atoms with van der Waals surface area (Å²) < 4.78 is 91.2. The molecule has 0 N–H and O–H groups in total. The molecule has 1 saturated heterocycles. The van der Waals surface area contributed by atoms with E-state index in [-0.39, 0.29) is 41.5 Å². The Balaban J connectivity index is 1.77. The molecule has 12 heteroatoms. The number of alkyl halides is 3. The fraction of sp³-hybridized carbons (Fsp3) is 0.278. The second-order valence-corrected chi connectivity index (χ2v) is 10.3. The molecular weight excluding hydrogens is 443 g/mol. The Hall–Kier alpha value is -2.46. The summed E-state index contributed by atoms with van der Waals surface area (Å²) in [7, 11) is -8.07. The lowest BCUT2D eigenvalue weighted by Gasteiger charge is -2.33. The average molecular weight is 459 g/mol. The van der Waals surface area contributed by atoms with Gasteiger partial charge in [-0.05, 0) is 36.4 Å². The van der Waals surface area contributed by atoms with Gasteiger partial charge < -0.3 is 0 Å². The van der Waals surface area contributed by atoms with E-state index in [0.29, 0.717) is 12.1 Å². The minimum atomic E-state index is -4.58. The first-order chi connectivity index (χ1) is 14.0. The summed E-state index contributed by atoms with van der Waals surface area (Å²) >= 11 is 0. The number of sulfonamides is 2. The molecule has 0 unspecified atom stereocenters. The van der Waals surface area contributed by atoms with Crippen LogP contribution in [0.2, 0.25) is 0 Å². The highest BCUT2D eigenvalue weighted by Gasteiger charge is 2.35. The van der Waals surface area contributed by atoms with Gasteiger partial charge in [0.25, 0.3) is 0 Å². The van der Waals surface area contributed by atoms with Crippen LogP contribution < -0.4 is 0 Å². The smallest absolute Gasteiger partial charge is 0.207 e. The maximum Gasteiger partial charge on any atom is 0.416 e. The fourth-order valence-electron chi connectivity index (χ4n) is 3.04. The number of nitrogens with zero attached hydrogens (tertiary/aromatic N) is 3. The van der Waals surface area contributed by atoms with Gasteiger partial charge in [-0.2, -0.15) is 27.0 Å². The molecule has 0 aromatic heterocycles. The summed E-state index contributed by atoms with van der Waals surface area (Å²) in [5.41, 5.74) is -0.981. The van der Waals surface area contributed by atoms with E-state index in [1.807, 2.05) is 6.07 Å². The number of hydrogen-bond donors (Lipinski definition) is 0. The van der Waals surface area contributed by atoms with Crippen molar-refractivity contribution >= 4 is 20.0 Å².